The first-order valence-electron chi connectivity index (χ1n) is 9.34. The summed E-state index contributed by atoms with van der Waals surface area (Å²) < 4.78 is 6.80. The topological polar surface area (TPSA) is 97.7 Å². The zero-order valence-corrected chi connectivity index (χ0v) is 16.2. The van der Waals surface area contributed by atoms with Crippen molar-refractivity contribution in [3.05, 3.63) is 69.9 Å². The number of furan rings is 1. The summed E-state index contributed by atoms with van der Waals surface area (Å²) >= 11 is 0. The van der Waals surface area contributed by atoms with Crippen LogP contribution in [0.25, 0.3) is 5.69 Å². The quantitative estimate of drug-likeness (QED) is 0.498. The lowest BCUT2D eigenvalue weighted by Crippen LogP contribution is -2.48. The third-order valence-corrected chi connectivity index (χ3v) is 5.06. The smallest absolute Gasteiger partial charge is 0.295 e. The van der Waals surface area contributed by atoms with Crippen LogP contribution in [0.5, 0.6) is 0 Å². The zero-order chi connectivity index (χ0) is 20.5. The second-order valence-electron chi connectivity index (χ2n) is 7.03. The molecule has 1 saturated heterocycles. The van der Waals surface area contributed by atoms with Crippen LogP contribution in [0.1, 0.15) is 21.9 Å². The molecule has 1 fully saturated rings. The molecule has 1 aromatic carbocycles. The maximum atomic E-state index is 12.4. The van der Waals surface area contributed by atoms with Gasteiger partial charge in [0.1, 0.15) is 5.69 Å². The van der Waals surface area contributed by atoms with E-state index in [1.165, 1.54) is 12.3 Å². The largest absolute Gasteiger partial charge is 0.459 e. The molecule has 150 valence electrons. The summed E-state index contributed by atoms with van der Waals surface area (Å²) in [5.74, 6) is 0.210. The molecule has 0 bridgehead atoms. The number of hydrogen-bond donors (Lipinski definition) is 0. The molecule has 0 aliphatic carbocycles. The minimum absolute atomic E-state index is 0.00610. The number of nitrogens with zero attached hydrogens (tertiary/aromatic N) is 5. The molecule has 9 nitrogen and oxygen atoms in total. The molecular formula is C20H21N5O4. The van der Waals surface area contributed by atoms with E-state index in [1.807, 2.05) is 19.9 Å². The summed E-state index contributed by atoms with van der Waals surface area (Å²) in [7, 11) is 0. The van der Waals surface area contributed by atoms with Crippen LogP contribution >= 0.6 is 0 Å². The van der Waals surface area contributed by atoms with Crippen molar-refractivity contribution < 1.29 is 14.1 Å². The number of piperazine rings is 1. The van der Waals surface area contributed by atoms with Crippen LogP contribution in [0.3, 0.4) is 0 Å². The number of rotatable bonds is 4. The Labute approximate surface area is 167 Å². The standard InChI is InChI=1S/C20H21N5O4/c1-14-12-15(2)24(21-14)18-13-16(5-6-17(18)25(27)28)22-7-9-23(10-8-22)20(26)19-4-3-11-29-19/h3-6,11-13H,7-10H2,1-2H3. The van der Waals surface area contributed by atoms with Gasteiger partial charge in [0.2, 0.25) is 0 Å². The molecule has 29 heavy (non-hydrogen) atoms. The Morgan fingerprint density at radius 1 is 1.14 bits per heavy atom. The lowest BCUT2D eigenvalue weighted by atomic mass is 10.2. The third kappa shape index (κ3) is 3.58. The van der Waals surface area contributed by atoms with E-state index in [2.05, 4.69) is 10.00 Å². The van der Waals surface area contributed by atoms with E-state index in [4.69, 9.17) is 4.42 Å². The number of nitro groups is 1. The van der Waals surface area contributed by atoms with Gasteiger partial charge in [0.05, 0.1) is 16.9 Å². The third-order valence-electron chi connectivity index (χ3n) is 5.06. The van der Waals surface area contributed by atoms with Gasteiger partial charge in [-0.25, -0.2) is 4.68 Å². The molecule has 0 spiro atoms. The van der Waals surface area contributed by atoms with Crippen molar-refractivity contribution in [2.45, 2.75) is 13.8 Å². The maximum absolute atomic E-state index is 12.4. The van der Waals surface area contributed by atoms with Crippen molar-refractivity contribution in [3.8, 4) is 5.69 Å². The molecule has 0 atom stereocenters. The van der Waals surface area contributed by atoms with E-state index in [9.17, 15) is 14.9 Å². The van der Waals surface area contributed by atoms with Crippen LogP contribution in [0, 0.1) is 24.0 Å². The van der Waals surface area contributed by atoms with Crippen molar-refractivity contribution in [2.75, 3.05) is 31.1 Å². The monoisotopic (exact) mass is 395 g/mol. The second-order valence-corrected chi connectivity index (χ2v) is 7.03. The van der Waals surface area contributed by atoms with Crippen LogP contribution < -0.4 is 4.90 Å². The normalized spacial score (nSPS) is 14.3. The highest BCUT2D eigenvalue weighted by Gasteiger charge is 2.25. The summed E-state index contributed by atoms with van der Waals surface area (Å²) in [6.07, 6.45) is 1.49. The Hall–Kier alpha value is -3.62. The van der Waals surface area contributed by atoms with E-state index in [0.717, 1.165) is 17.1 Å². The number of anilines is 1. The number of nitro benzene ring substituents is 1. The minimum Gasteiger partial charge on any atom is -0.459 e. The van der Waals surface area contributed by atoms with Crippen molar-refractivity contribution in [1.82, 2.24) is 14.7 Å². The number of amides is 1. The molecule has 0 saturated carbocycles. The molecule has 0 radical (unpaired) electrons. The minimum atomic E-state index is -0.393. The van der Waals surface area contributed by atoms with Crippen molar-refractivity contribution in [1.29, 1.82) is 0 Å². The predicted octanol–water partition coefficient (Wildman–Crippen LogP) is 2.95. The molecule has 2 aromatic heterocycles. The van der Waals surface area contributed by atoms with Gasteiger partial charge >= 0.3 is 0 Å². The fourth-order valence-electron chi connectivity index (χ4n) is 3.63. The zero-order valence-electron chi connectivity index (χ0n) is 16.2. The molecule has 1 aliphatic heterocycles. The molecule has 0 N–H and O–H groups in total. The average Bonchev–Trinajstić information content (AvgIpc) is 3.36. The maximum Gasteiger partial charge on any atom is 0.295 e. The highest BCUT2D eigenvalue weighted by Crippen LogP contribution is 2.29. The summed E-state index contributed by atoms with van der Waals surface area (Å²) in [5, 5.41) is 15.9. The Morgan fingerprint density at radius 2 is 1.90 bits per heavy atom. The number of aromatic nitrogens is 2. The average molecular weight is 395 g/mol. The van der Waals surface area contributed by atoms with Gasteiger partial charge in [-0.3, -0.25) is 14.9 Å². The lowest BCUT2D eigenvalue weighted by Gasteiger charge is -2.35. The summed E-state index contributed by atoms with van der Waals surface area (Å²) in [4.78, 5) is 27.4. The number of aryl methyl sites for hydroxylation is 2. The summed E-state index contributed by atoms with van der Waals surface area (Å²) in [5.41, 5.74) is 2.94. The van der Waals surface area contributed by atoms with Gasteiger partial charge in [0.15, 0.2) is 5.76 Å². The van der Waals surface area contributed by atoms with Gasteiger partial charge in [-0.1, -0.05) is 0 Å². The fraction of sp³-hybridized carbons (Fsp3) is 0.300. The van der Waals surface area contributed by atoms with Gasteiger partial charge in [-0.05, 0) is 44.2 Å². The first kappa shape index (κ1) is 18.7. The molecule has 1 aliphatic rings. The Balaban J connectivity index is 1.57. The first-order chi connectivity index (χ1) is 13.9. The summed E-state index contributed by atoms with van der Waals surface area (Å²) in [6.45, 7) is 6.07. The van der Waals surface area contributed by atoms with Crippen LogP contribution in [-0.2, 0) is 0 Å². The van der Waals surface area contributed by atoms with E-state index in [-0.39, 0.29) is 11.6 Å². The lowest BCUT2D eigenvalue weighted by molar-refractivity contribution is -0.384. The van der Waals surface area contributed by atoms with E-state index in [0.29, 0.717) is 37.6 Å². The van der Waals surface area contributed by atoms with Crippen LogP contribution in [0.15, 0.2) is 47.1 Å². The number of benzene rings is 1. The van der Waals surface area contributed by atoms with Crippen molar-refractivity contribution in [2.24, 2.45) is 0 Å². The highest BCUT2D eigenvalue weighted by molar-refractivity contribution is 5.91. The molecule has 1 amide bonds. The van der Waals surface area contributed by atoms with Crippen LogP contribution in [0.2, 0.25) is 0 Å². The van der Waals surface area contributed by atoms with Gasteiger partial charge in [0.25, 0.3) is 11.6 Å². The van der Waals surface area contributed by atoms with Crippen LogP contribution in [0.4, 0.5) is 11.4 Å². The van der Waals surface area contributed by atoms with Gasteiger partial charge in [-0.15, -0.1) is 0 Å². The Kier molecular flexibility index (Phi) is 4.79. The van der Waals surface area contributed by atoms with E-state index < -0.39 is 4.92 Å². The molecule has 9 heteroatoms. The summed E-state index contributed by atoms with van der Waals surface area (Å²) in [6, 6.07) is 10.3. The van der Waals surface area contributed by atoms with E-state index in [1.54, 1.807) is 33.8 Å². The molecule has 0 unspecified atom stereocenters. The number of hydrogen-bond acceptors (Lipinski definition) is 6. The van der Waals surface area contributed by atoms with E-state index >= 15 is 0 Å². The molecular weight excluding hydrogens is 374 g/mol. The van der Waals surface area contributed by atoms with Gasteiger partial charge < -0.3 is 14.2 Å². The second kappa shape index (κ2) is 7.42. The van der Waals surface area contributed by atoms with Crippen molar-refractivity contribution in [3.63, 3.8) is 0 Å². The number of carbonyl (C=O) groups excluding carboxylic acids is 1. The highest BCUT2D eigenvalue weighted by atomic mass is 16.6. The predicted molar refractivity (Wildman–Crippen MR) is 107 cm³/mol. The van der Waals surface area contributed by atoms with Gasteiger partial charge in [-0.2, -0.15) is 5.10 Å². The Morgan fingerprint density at radius 3 is 2.48 bits per heavy atom. The molecule has 3 aromatic rings. The molecule has 4 rings (SSSR count). The first-order valence-corrected chi connectivity index (χ1v) is 9.34. The van der Waals surface area contributed by atoms with Crippen LogP contribution in [-0.4, -0.2) is 51.7 Å². The molecule has 3 heterocycles. The fourth-order valence-corrected chi connectivity index (χ4v) is 3.63. The van der Waals surface area contributed by atoms with Gasteiger partial charge in [0, 0.05) is 43.6 Å². The Bertz CT molecular complexity index is 1050. The number of carbonyl (C=O) groups is 1. The SMILES string of the molecule is Cc1cc(C)n(-c2cc(N3CCN(C(=O)c4ccco4)CC3)ccc2[N+](=O)[O-])n1. The van der Waals surface area contributed by atoms with Crippen molar-refractivity contribution >= 4 is 17.3 Å².